The predicted octanol–water partition coefficient (Wildman–Crippen LogP) is 3.63. The highest BCUT2D eigenvalue weighted by molar-refractivity contribution is 5.54. The second-order valence-electron chi connectivity index (χ2n) is 7.02. The molecule has 6 nitrogen and oxygen atoms in total. The zero-order valence-electron chi connectivity index (χ0n) is 16.5. The van der Waals surface area contributed by atoms with E-state index in [4.69, 9.17) is 9.26 Å². The van der Waals surface area contributed by atoms with Crippen LogP contribution < -0.4 is 9.64 Å². The number of ether oxygens (including phenoxy) is 1. The lowest BCUT2D eigenvalue weighted by molar-refractivity contribution is 0.215. The summed E-state index contributed by atoms with van der Waals surface area (Å²) >= 11 is 0. The number of benzene rings is 2. The first kappa shape index (κ1) is 18.5. The molecular weight excluding hydrogens is 352 g/mol. The minimum Gasteiger partial charge on any atom is -0.497 e. The van der Waals surface area contributed by atoms with Crippen LogP contribution in [0.2, 0.25) is 0 Å². The Morgan fingerprint density at radius 2 is 1.68 bits per heavy atom. The number of nitrogens with zero attached hydrogens (tertiary/aromatic N) is 4. The smallest absolute Gasteiger partial charge is 0.241 e. The molecule has 1 fully saturated rings. The maximum Gasteiger partial charge on any atom is 0.241 e. The molecule has 0 bridgehead atoms. The fourth-order valence-corrected chi connectivity index (χ4v) is 3.47. The number of aryl methyl sites for hydroxylation is 1. The molecule has 2 heterocycles. The zero-order valence-corrected chi connectivity index (χ0v) is 16.5. The minimum atomic E-state index is 0.662. The number of piperazine rings is 1. The number of aromatic nitrogens is 2. The van der Waals surface area contributed by atoms with Gasteiger partial charge in [0.25, 0.3) is 0 Å². The van der Waals surface area contributed by atoms with Gasteiger partial charge in [-0.3, -0.25) is 4.90 Å². The van der Waals surface area contributed by atoms with Gasteiger partial charge in [-0.1, -0.05) is 36.3 Å². The van der Waals surface area contributed by atoms with Gasteiger partial charge < -0.3 is 14.2 Å². The topological polar surface area (TPSA) is 54.6 Å². The van der Waals surface area contributed by atoms with Gasteiger partial charge in [-0.05, 0) is 36.2 Å². The number of hydrogen-bond acceptors (Lipinski definition) is 6. The quantitative estimate of drug-likeness (QED) is 0.653. The van der Waals surface area contributed by atoms with Crippen molar-refractivity contribution in [1.29, 1.82) is 0 Å². The first-order valence-electron chi connectivity index (χ1n) is 9.78. The van der Waals surface area contributed by atoms with E-state index in [2.05, 4.69) is 63.3 Å². The Morgan fingerprint density at radius 1 is 0.964 bits per heavy atom. The van der Waals surface area contributed by atoms with Crippen LogP contribution in [-0.2, 0) is 13.0 Å². The molecule has 1 saturated heterocycles. The fraction of sp³-hybridized carbons (Fsp3) is 0.364. The molecule has 2 aromatic carbocycles. The zero-order chi connectivity index (χ0) is 19.3. The summed E-state index contributed by atoms with van der Waals surface area (Å²) in [5.41, 5.74) is 3.54. The number of rotatable bonds is 6. The van der Waals surface area contributed by atoms with E-state index in [1.807, 2.05) is 12.1 Å². The molecule has 3 aromatic rings. The number of anilines is 1. The van der Waals surface area contributed by atoms with Crippen LogP contribution in [0.5, 0.6) is 5.75 Å². The standard InChI is InChI=1S/C22H26N4O2/c1-3-17-4-6-18(7-5-17)22-23-21(28-24-22)16-25-12-14-26(15-13-25)19-8-10-20(27-2)11-9-19/h4-11H,3,12-16H2,1-2H3. The van der Waals surface area contributed by atoms with Crippen molar-refractivity contribution in [3.63, 3.8) is 0 Å². The largest absolute Gasteiger partial charge is 0.497 e. The van der Waals surface area contributed by atoms with Gasteiger partial charge in [-0.15, -0.1) is 0 Å². The SMILES string of the molecule is CCc1ccc(-c2noc(CN3CCN(c4ccc(OC)cc4)CC3)n2)cc1. The molecule has 28 heavy (non-hydrogen) atoms. The van der Waals surface area contributed by atoms with Crippen molar-refractivity contribution in [3.05, 3.63) is 60.0 Å². The highest BCUT2D eigenvalue weighted by Crippen LogP contribution is 2.21. The summed E-state index contributed by atoms with van der Waals surface area (Å²) in [6.07, 6.45) is 1.03. The summed E-state index contributed by atoms with van der Waals surface area (Å²) in [5.74, 6) is 2.22. The van der Waals surface area contributed by atoms with Gasteiger partial charge in [-0.25, -0.2) is 0 Å². The molecule has 1 aromatic heterocycles. The summed E-state index contributed by atoms with van der Waals surface area (Å²) in [6.45, 7) is 6.73. The molecule has 1 aliphatic heterocycles. The molecule has 6 heteroatoms. The summed E-state index contributed by atoms with van der Waals surface area (Å²) in [6, 6.07) is 16.6. The number of hydrogen-bond donors (Lipinski definition) is 0. The first-order chi connectivity index (χ1) is 13.7. The van der Waals surface area contributed by atoms with Gasteiger partial charge in [0.15, 0.2) is 0 Å². The van der Waals surface area contributed by atoms with E-state index in [1.165, 1.54) is 11.3 Å². The van der Waals surface area contributed by atoms with Crippen LogP contribution >= 0.6 is 0 Å². The lowest BCUT2D eigenvalue weighted by atomic mass is 10.1. The molecule has 0 atom stereocenters. The van der Waals surface area contributed by atoms with E-state index >= 15 is 0 Å². The van der Waals surface area contributed by atoms with Crippen molar-refractivity contribution in [2.75, 3.05) is 38.2 Å². The van der Waals surface area contributed by atoms with Gasteiger partial charge in [-0.2, -0.15) is 4.98 Å². The van der Waals surface area contributed by atoms with Gasteiger partial charge in [0.1, 0.15) is 5.75 Å². The fourth-order valence-electron chi connectivity index (χ4n) is 3.47. The monoisotopic (exact) mass is 378 g/mol. The second-order valence-corrected chi connectivity index (χ2v) is 7.02. The van der Waals surface area contributed by atoms with Crippen LogP contribution in [0, 0.1) is 0 Å². The van der Waals surface area contributed by atoms with Gasteiger partial charge >= 0.3 is 0 Å². The molecule has 0 saturated carbocycles. The Morgan fingerprint density at radius 3 is 2.32 bits per heavy atom. The highest BCUT2D eigenvalue weighted by atomic mass is 16.5. The third-order valence-corrected chi connectivity index (χ3v) is 5.26. The Labute approximate surface area is 165 Å². The number of methoxy groups -OCH3 is 1. The van der Waals surface area contributed by atoms with Crippen LogP contribution in [0.3, 0.4) is 0 Å². The molecule has 0 spiro atoms. The molecule has 146 valence electrons. The Kier molecular flexibility index (Phi) is 5.58. The first-order valence-corrected chi connectivity index (χ1v) is 9.78. The normalized spacial score (nSPS) is 15.0. The van der Waals surface area contributed by atoms with Crippen LogP contribution in [0.15, 0.2) is 53.1 Å². The second kappa shape index (κ2) is 8.44. The third-order valence-electron chi connectivity index (χ3n) is 5.26. The van der Waals surface area contributed by atoms with E-state index in [0.717, 1.165) is 43.9 Å². The van der Waals surface area contributed by atoms with Crippen molar-refractivity contribution < 1.29 is 9.26 Å². The third kappa shape index (κ3) is 4.17. The van der Waals surface area contributed by atoms with Crippen molar-refractivity contribution in [2.24, 2.45) is 0 Å². The highest BCUT2D eigenvalue weighted by Gasteiger charge is 2.20. The van der Waals surface area contributed by atoms with Crippen molar-refractivity contribution in [3.8, 4) is 17.1 Å². The lowest BCUT2D eigenvalue weighted by Gasteiger charge is -2.35. The van der Waals surface area contributed by atoms with Crippen LogP contribution in [0.25, 0.3) is 11.4 Å². The average molecular weight is 378 g/mol. The van der Waals surface area contributed by atoms with E-state index in [1.54, 1.807) is 7.11 Å². The lowest BCUT2D eigenvalue weighted by Crippen LogP contribution is -2.46. The molecule has 0 radical (unpaired) electrons. The molecule has 0 aliphatic carbocycles. The van der Waals surface area contributed by atoms with E-state index in [0.29, 0.717) is 18.3 Å². The molecule has 0 amide bonds. The van der Waals surface area contributed by atoms with Crippen molar-refractivity contribution >= 4 is 5.69 Å². The van der Waals surface area contributed by atoms with E-state index in [9.17, 15) is 0 Å². The Balaban J connectivity index is 1.32. The summed E-state index contributed by atoms with van der Waals surface area (Å²) < 4.78 is 10.7. The molecular formula is C22H26N4O2. The summed E-state index contributed by atoms with van der Waals surface area (Å²) in [4.78, 5) is 9.33. The van der Waals surface area contributed by atoms with Crippen LogP contribution in [-0.4, -0.2) is 48.3 Å². The Bertz CT molecular complexity index is 882. The van der Waals surface area contributed by atoms with Crippen molar-refractivity contribution in [2.45, 2.75) is 19.9 Å². The molecule has 1 aliphatic rings. The molecule has 0 N–H and O–H groups in total. The minimum absolute atomic E-state index is 0.662. The summed E-state index contributed by atoms with van der Waals surface area (Å²) in [7, 11) is 1.69. The Hall–Kier alpha value is -2.86. The van der Waals surface area contributed by atoms with Gasteiger partial charge in [0, 0.05) is 37.4 Å². The van der Waals surface area contributed by atoms with Crippen molar-refractivity contribution in [1.82, 2.24) is 15.0 Å². The molecule has 4 rings (SSSR count). The van der Waals surface area contributed by atoms with Gasteiger partial charge in [0.2, 0.25) is 11.7 Å². The summed E-state index contributed by atoms with van der Waals surface area (Å²) in [5, 5.41) is 4.15. The van der Waals surface area contributed by atoms with Crippen LogP contribution in [0.1, 0.15) is 18.4 Å². The molecule has 0 unspecified atom stereocenters. The van der Waals surface area contributed by atoms with E-state index in [-0.39, 0.29) is 0 Å². The average Bonchev–Trinajstić information content (AvgIpc) is 3.23. The van der Waals surface area contributed by atoms with E-state index < -0.39 is 0 Å². The maximum atomic E-state index is 5.49. The maximum absolute atomic E-state index is 5.49. The van der Waals surface area contributed by atoms with Crippen LogP contribution in [0.4, 0.5) is 5.69 Å². The predicted molar refractivity (Wildman–Crippen MR) is 110 cm³/mol. The van der Waals surface area contributed by atoms with Gasteiger partial charge in [0.05, 0.1) is 13.7 Å².